The fourth-order valence-corrected chi connectivity index (χ4v) is 3.06. The van der Waals surface area contributed by atoms with Crippen LogP contribution in [0.5, 0.6) is 5.75 Å². The third-order valence-corrected chi connectivity index (χ3v) is 4.57. The summed E-state index contributed by atoms with van der Waals surface area (Å²) < 4.78 is 5.13. The summed E-state index contributed by atoms with van der Waals surface area (Å²) in [6.45, 7) is 0.584. The van der Waals surface area contributed by atoms with Crippen molar-refractivity contribution in [3.8, 4) is 11.8 Å². The normalized spacial score (nSPS) is 10.0. The molecule has 0 aromatic heterocycles. The van der Waals surface area contributed by atoms with E-state index in [0.29, 0.717) is 17.9 Å². The molecule has 0 bridgehead atoms. The van der Waals surface area contributed by atoms with Crippen molar-refractivity contribution in [3.05, 3.63) is 65.2 Å². The van der Waals surface area contributed by atoms with E-state index in [-0.39, 0.29) is 5.91 Å². The van der Waals surface area contributed by atoms with Crippen molar-refractivity contribution >= 4 is 17.7 Å². The first-order valence-electron chi connectivity index (χ1n) is 7.56. The van der Waals surface area contributed by atoms with Gasteiger partial charge in [0.2, 0.25) is 5.91 Å². The van der Waals surface area contributed by atoms with Crippen LogP contribution in [0.2, 0.25) is 0 Å². The highest BCUT2D eigenvalue weighted by atomic mass is 32.2. The number of thioether (sulfide) groups is 1. The average Bonchev–Trinajstić information content (AvgIpc) is 2.62. The van der Waals surface area contributed by atoms with Crippen LogP contribution in [-0.2, 0) is 17.1 Å². The summed E-state index contributed by atoms with van der Waals surface area (Å²) in [5.41, 5.74) is 2.84. The minimum atomic E-state index is 0.101. The molecular formula is C19H20N2O2S. The number of carbonyl (C=O) groups excluding carboxylic acids is 1. The van der Waals surface area contributed by atoms with Crippen LogP contribution < -0.4 is 4.74 Å². The maximum absolute atomic E-state index is 12.2. The lowest BCUT2D eigenvalue weighted by Crippen LogP contribution is -2.27. The van der Waals surface area contributed by atoms with E-state index in [1.807, 2.05) is 43.4 Å². The van der Waals surface area contributed by atoms with Gasteiger partial charge < -0.3 is 9.64 Å². The molecule has 1 amide bonds. The molecule has 0 unspecified atom stereocenters. The molecule has 124 valence electrons. The van der Waals surface area contributed by atoms with Crippen molar-refractivity contribution in [1.29, 1.82) is 5.26 Å². The molecular weight excluding hydrogens is 320 g/mol. The summed E-state index contributed by atoms with van der Waals surface area (Å²) in [5, 5.41) is 8.78. The number of amides is 1. The van der Waals surface area contributed by atoms with Crippen LogP contribution in [-0.4, -0.2) is 30.7 Å². The monoisotopic (exact) mass is 340 g/mol. The maximum atomic E-state index is 12.2. The molecule has 0 spiro atoms. The van der Waals surface area contributed by atoms with Gasteiger partial charge in [0, 0.05) is 19.3 Å². The average molecular weight is 340 g/mol. The van der Waals surface area contributed by atoms with Crippen LogP contribution in [0.4, 0.5) is 0 Å². The first-order valence-corrected chi connectivity index (χ1v) is 8.71. The molecule has 2 aromatic rings. The standard InChI is InChI=1S/C19H20N2O2S/c1-21(12-16-7-9-18(23-2)10-8-16)19(22)14-24-13-17-5-3-15(11-20)4-6-17/h3-10H,12-14H2,1-2H3. The Hall–Kier alpha value is -2.45. The highest BCUT2D eigenvalue weighted by Gasteiger charge is 2.09. The third-order valence-electron chi connectivity index (χ3n) is 3.58. The van der Waals surface area contributed by atoms with Crippen molar-refractivity contribution < 1.29 is 9.53 Å². The molecule has 0 saturated heterocycles. The molecule has 0 fully saturated rings. The predicted octanol–water partition coefficient (Wildman–Crippen LogP) is 3.46. The Kier molecular flexibility index (Phi) is 6.71. The first-order chi connectivity index (χ1) is 11.6. The number of carbonyl (C=O) groups is 1. The van der Waals surface area contributed by atoms with E-state index in [1.54, 1.807) is 35.9 Å². The third kappa shape index (κ3) is 5.32. The molecule has 0 aliphatic heterocycles. The van der Waals surface area contributed by atoms with Crippen LogP contribution in [0, 0.1) is 11.3 Å². The van der Waals surface area contributed by atoms with Crippen molar-refractivity contribution in [2.75, 3.05) is 19.9 Å². The molecule has 4 nitrogen and oxygen atoms in total. The molecule has 0 atom stereocenters. The Morgan fingerprint density at radius 2 is 1.75 bits per heavy atom. The van der Waals surface area contributed by atoms with Crippen molar-refractivity contribution in [2.45, 2.75) is 12.3 Å². The van der Waals surface area contributed by atoms with Gasteiger partial charge in [-0.25, -0.2) is 0 Å². The van der Waals surface area contributed by atoms with Crippen LogP contribution in [0.3, 0.4) is 0 Å². The number of ether oxygens (including phenoxy) is 1. The zero-order chi connectivity index (χ0) is 17.4. The molecule has 2 aromatic carbocycles. The number of nitriles is 1. The molecule has 0 heterocycles. The largest absolute Gasteiger partial charge is 0.497 e. The van der Waals surface area contributed by atoms with E-state index >= 15 is 0 Å². The van der Waals surface area contributed by atoms with Crippen molar-refractivity contribution in [1.82, 2.24) is 4.90 Å². The Morgan fingerprint density at radius 1 is 1.12 bits per heavy atom. The van der Waals surface area contributed by atoms with E-state index in [1.165, 1.54) is 0 Å². The molecule has 0 N–H and O–H groups in total. The van der Waals surface area contributed by atoms with Gasteiger partial charge in [0.1, 0.15) is 5.75 Å². The lowest BCUT2D eigenvalue weighted by atomic mass is 10.2. The Labute approximate surface area is 147 Å². The molecule has 5 heteroatoms. The van der Waals surface area contributed by atoms with Gasteiger partial charge in [-0.2, -0.15) is 5.26 Å². The zero-order valence-corrected chi connectivity index (χ0v) is 14.7. The molecule has 0 radical (unpaired) electrons. The topological polar surface area (TPSA) is 53.3 Å². The quantitative estimate of drug-likeness (QED) is 0.774. The van der Waals surface area contributed by atoms with Gasteiger partial charge in [0.05, 0.1) is 24.5 Å². The smallest absolute Gasteiger partial charge is 0.232 e. The summed E-state index contributed by atoms with van der Waals surface area (Å²) in [6, 6.07) is 17.3. The number of methoxy groups -OCH3 is 1. The molecule has 0 saturated carbocycles. The van der Waals surface area contributed by atoms with Gasteiger partial charge in [-0.1, -0.05) is 24.3 Å². The summed E-state index contributed by atoms with van der Waals surface area (Å²) in [6.07, 6.45) is 0. The van der Waals surface area contributed by atoms with Crippen LogP contribution in [0.15, 0.2) is 48.5 Å². The van der Waals surface area contributed by atoms with Gasteiger partial charge >= 0.3 is 0 Å². The van der Waals surface area contributed by atoms with Gasteiger partial charge in [-0.15, -0.1) is 11.8 Å². The fourth-order valence-electron chi connectivity index (χ4n) is 2.13. The van der Waals surface area contributed by atoms with E-state index in [4.69, 9.17) is 10.00 Å². The van der Waals surface area contributed by atoms with Crippen LogP contribution in [0.1, 0.15) is 16.7 Å². The molecule has 0 aliphatic carbocycles. The zero-order valence-electron chi connectivity index (χ0n) is 13.9. The summed E-state index contributed by atoms with van der Waals surface area (Å²) >= 11 is 1.58. The minimum absolute atomic E-state index is 0.101. The van der Waals surface area contributed by atoms with Crippen molar-refractivity contribution in [2.24, 2.45) is 0 Å². The van der Waals surface area contributed by atoms with Crippen molar-refractivity contribution in [3.63, 3.8) is 0 Å². The number of benzene rings is 2. The highest BCUT2D eigenvalue weighted by molar-refractivity contribution is 7.99. The minimum Gasteiger partial charge on any atom is -0.497 e. The van der Waals surface area contributed by atoms with Gasteiger partial charge in [0.25, 0.3) is 0 Å². The predicted molar refractivity (Wildman–Crippen MR) is 96.8 cm³/mol. The fraction of sp³-hybridized carbons (Fsp3) is 0.263. The lowest BCUT2D eigenvalue weighted by molar-refractivity contribution is -0.127. The van der Waals surface area contributed by atoms with Gasteiger partial charge in [-0.3, -0.25) is 4.79 Å². The first kappa shape index (κ1) is 17.9. The number of rotatable bonds is 7. The second kappa shape index (κ2) is 8.99. The van der Waals surface area contributed by atoms with E-state index in [9.17, 15) is 4.79 Å². The van der Waals surface area contributed by atoms with E-state index in [0.717, 1.165) is 22.6 Å². The maximum Gasteiger partial charge on any atom is 0.232 e. The molecule has 2 rings (SSSR count). The van der Waals surface area contributed by atoms with E-state index in [2.05, 4.69) is 6.07 Å². The number of nitrogens with zero attached hydrogens (tertiary/aromatic N) is 2. The van der Waals surface area contributed by atoms with Gasteiger partial charge in [-0.05, 0) is 35.4 Å². The lowest BCUT2D eigenvalue weighted by Gasteiger charge is -2.17. The SMILES string of the molecule is COc1ccc(CN(C)C(=O)CSCc2ccc(C#N)cc2)cc1. The Balaban J connectivity index is 1.77. The highest BCUT2D eigenvalue weighted by Crippen LogP contribution is 2.15. The summed E-state index contributed by atoms with van der Waals surface area (Å²) in [4.78, 5) is 13.9. The summed E-state index contributed by atoms with van der Waals surface area (Å²) in [5.74, 6) is 2.11. The Morgan fingerprint density at radius 3 is 2.33 bits per heavy atom. The second-order valence-electron chi connectivity index (χ2n) is 5.40. The van der Waals surface area contributed by atoms with Gasteiger partial charge in [0.15, 0.2) is 0 Å². The number of hydrogen-bond acceptors (Lipinski definition) is 4. The number of hydrogen-bond donors (Lipinski definition) is 0. The van der Waals surface area contributed by atoms with Crippen LogP contribution in [0.25, 0.3) is 0 Å². The summed E-state index contributed by atoms with van der Waals surface area (Å²) in [7, 11) is 3.45. The molecule has 0 aliphatic rings. The Bertz CT molecular complexity index is 706. The van der Waals surface area contributed by atoms with E-state index < -0.39 is 0 Å². The molecule has 24 heavy (non-hydrogen) atoms. The second-order valence-corrected chi connectivity index (χ2v) is 6.39. The van der Waals surface area contributed by atoms with Crippen LogP contribution >= 0.6 is 11.8 Å².